The van der Waals surface area contributed by atoms with Crippen molar-refractivity contribution < 1.29 is 19.1 Å². The summed E-state index contributed by atoms with van der Waals surface area (Å²) in [6, 6.07) is 0. The Morgan fingerprint density at radius 2 is 2.36 bits per heavy atom. The molecule has 1 atom stereocenters. The van der Waals surface area contributed by atoms with Crippen LogP contribution in [0.3, 0.4) is 0 Å². The molecular formula is C10H14O4. The second-order valence-electron chi connectivity index (χ2n) is 3.29. The number of carbonyl (C=O) groups is 2. The Hall–Kier alpha value is -1.16. The van der Waals surface area contributed by atoms with Crippen molar-refractivity contribution in [2.75, 3.05) is 13.2 Å². The van der Waals surface area contributed by atoms with Gasteiger partial charge in [0.05, 0.1) is 13.2 Å². The lowest BCUT2D eigenvalue weighted by Crippen LogP contribution is -2.07. The maximum atomic E-state index is 10.7. The Kier molecular flexibility index (Phi) is 3.83. The number of hydrogen-bond donors (Lipinski definition) is 0. The summed E-state index contributed by atoms with van der Waals surface area (Å²) >= 11 is 0. The highest BCUT2D eigenvalue weighted by Crippen LogP contribution is 2.25. The van der Waals surface area contributed by atoms with Crippen molar-refractivity contribution in [2.24, 2.45) is 5.92 Å². The van der Waals surface area contributed by atoms with E-state index in [4.69, 9.17) is 9.47 Å². The lowest BCUT2D eigenvalue weighted by molar-refractivity contribution is -0.136. The van der Waals surface area contributed by atoms with Crippen molar-refractivity contribution in [2.45, 2.75) is 20.3 Å². The number of ether oxygens (including phenoxy) is 2. The minimum absolute atomic E-state index is 0.0758. The maximum absolute atomic E-state index is 10.7. The first-order valence-corrected chi connectivity index (χ1v) is 4.54. The zero-order chi connectivity index (χ0) is 10.6. The second-order valence-corrected chi connectivity index (χ2v) is 3.29. The first kappa shape index (κ1) is 10.9. The summed E-state index contributed by atoms with van der Waals surface area (Å²) in [6.45, 7) is 4.07. The molecule has 0 N–H and O–H groups in total. The van der Waals surface area contributed by atoms with Crippen molar-refractivity contribution in [3.8, 4) is 0 Å². The fourth-order valence-corrected chi connectivity index (χ4v) is 1.53. The van der Waals surface area contributed by atoms with Gasteiger partial charge in [0.1, 0.15) is 12.0 Å². The van der Waals surface area contributed by atoms with E-state index in [-0.39, 0.29) is 11.9 Å². The zero-order valence-corrected chi connectivity index (χ0v) is 8.41. The third-order valence-electron chi connectivity index (χ3n) is 2.20. The minimum Gasteiger partial charge on any atom is -0.432 e. The lowest BCUT2D eigenvalue weighted by Gasteiger charge is -2.09. The molecule has 0 amide bonds. The average Bonchev–Trinajstić information content (AvgIpc) is 2.51. The second kappa shape index (κ2) is 4.91. The molecular weight excluding hydrogens is 184 g/mol. The molecule has 78 valence electrons. The number of aldehydes is 1. The maximum Gasteiger partial charge on any atom is 0.307 e. The van der Waals surface area contributed by atoms with Crippen LogP contribution in [0.5, 0.6) is 0 Å². The predicted molar refractivity (Wildman–Crippen MR) is 49.5 cm³/mol. The molecule has 0 aromatic heterocycles. The van der Waals surface area contributed by atoms with Crippen LogP contribution in [0.4, 0.5) is 0 Å². The fourth-order valence-electron chi connectivity index (χ4n) is 1.53. The highest BCUT2D eigenvalue weighted by Gasteiger charge is 2.24. The van der Waals surface area contributed by atoms with E-state index in [0.29, 0.717) is 25.4 Å². The standard InChI is InChI=1S/C10H14O4/c1-7(14-8(2)12)10-6-13-5-9(10)3-4-11/h4,9H,3,5-6H2,1-2H3/b10-7+. The smallest absolute Gasteiger partial charge is 0.307 e. The largest absolute Gasteiger partial charge is 0.432 e. The van der Waals surface area contributed by atoms with E-state index in [9.17, 15) is 9.59 Å². The topological polar surface area (TPSA) is 52.6 Å². The molecule has 1 heterocycles. The quantitative estimate of drug-likeness (QED) is 0.386. The molecule has 14 heavy (non-hydrogen) atoms. The van der Waals surface area contributed by atoms with E-state index in [1.165, 1.54) is 6.92 Å². The summed E-state index contributed by atoms with van der Waals surface area (Å²) in [6.07, 6.45) is 1.29. The van der Waals surface area contributed by atoms with Crippen LogP contribution >= 0.6 is 0 Å². The Morgan fingerprint density at radius 3 is 2.93 bits per heavy atom. The van der Waals surface area contributed by atoms with E-state index >= 15 is 0 Å². The molecule has 0 spiro atoms. The first-order chi connectivity index (χ1) is 6.65. The number of allylic oxidation sites excluding steroid dienone is 1. The normalized spacial score (nSPS) is 24.6. The molecule has 1 aliphatic rings. The van der Waals surface area contributed by atoms with Crippen LogP contribution < -0.4 is 0 Å². The molecule has 1 aliphatic heterocycles. The van der Waals surface area contributed by atoms with Crippen LogP contribution in [0.2, 0.25) is 0 Å². The van der Waals surface area contributed by atoms with Crippen LogP contribution in [0.25, 0.3) is 0 Å². The van der Waals surface area contributed by atoms with Gasteiger partial charge in [-0.25, -0.2) is 0 Å². The van der Waals surface area contributed by atoms with E-state index in [2.05, 4.69) is 0 Å². The molecule has 0 saturated carbocycles. The van der Waals surface area contributed by atoms with Crippen molar-refractivity contribution in [1.29, 1.82) is 0 Å². The van der Waals surface area contributed by atoms with Gasteiger partial charge in [-0.2, -0.15) is 0 Å². The van der Waals surface area contributed by atoms with Gasteiger partial charge in [-0.1, -0.05) is 0 Å². The Morgan fingerprint density at radius 1 is 1.64 bits per heavy atom. The Balaban J connectivity index is 2.72. The van der Waals surface area contributed by atoms with Gasteiger partial charge in [0.15, 0.2) is 0 Å². The van der Waals surface area contributed by atoms with Gasteiger partial charge in [-0.05, 0) is 12.5 Å². The highest BCUT2D eigenvalue weighted by atomic mass is 16.5. The molecule has 1 rings (SSSR count). The molecule has 1 fully saturated rings. The van der Waals surface area contributed by atoms with Crippen molar-refractivity contribution in [1.82, 2.24) is 0 Å². The summed E-state index contributed by atoms with van der Waals surface area (Å²) < 4.78 is 10.2. The van der Waals surface area contributed by atoms with Crippen molar-refractivity contribution in [3.63, 3.8) is 0 Å². The SMILES string of the molecule is CC(=O)O/C(C)=C1\COCC1CC=O. The Bertz CT molecular complexity index is 267. The Labute approximate surface area is 82.9 Å². The van der Waals surface area contributed by atoms with Crippen LogP contribution in [-0.2, 0) is 19.1 Å². The van der Waals surface area contributed by atoms with Crippen molar-refractivity contribution >= 4 is 12.3 Å². The number of rotatable bonds is 3. The molecule has 0 bridgehead atoms. The summed E-state index contributed by atoms with van der Waals surface area (Å²) in [4.78, 5) is 21.1. The molecule has 0 radical (unpaired) electrons. The fraction of sp³-hybridized carbons (Fsp3) is 0.600. The van der Waals surface area contributed by atoms with Gasteiger partial charge < -0.3 is 14.3 Å². The average molecular weight is 198 g/mol. The minimum atomic E-state index is -0.341. The van der Waals surface area contributed by atoms with Gasteiger partial charge in [-0.3, -0.25) is 4.79 Å². The van der Waals surface area contributed by atoms with Crippen LogP contribution in [-0.4, -0.2) is 25.5 Å². The van der Waals surface area contributed by atoms with Crippen LogP contribution in [0.1, 0.15) is 20.3 Å². The molecule has 1 saturated heterocycles. The lowest BCUT2D eigenvalue weighted by atomic mass is 9.99. The first-order valence-electron chi connectivity index (χ1n) is 4.54. The highest BCUT2D eigenvalue weighted by molar-refractivity contribution is 5.67. The third-order valence-corrected chi connectivity index (χ3v) is 2.20. The molecule has 0 aromatic rings. The molecule has 0 aromatic carbocycles. The summed E-state index contributed by atoms with van der Waals surface area (Å²) in [5, 5.41) is 0. The van der Waals surface area contributed by atoms with E-state index in [1.54, 1.807) is 6.92 Å². The predicted octanol–water partition coefficient (Wildman–Crippen LogP) is 1.06. The monoisotopic (exact) mass is 198 g/mol. The summed E-state index contributed by atoms with van der Waals surface area (Å²) in [7, 11) is 0. The zero-order valence-electron chi connectivity index (χ0n) is 8.41. The van der Waals surface area contributed by atoms with Crippen LogP contribution in [0, 0.1) is 5.92 Å². The number of carbonyl (C=O) groups excluding carboxylic acids is 2. The van der Waals surface area contributed by atoms with E-state index in [0.717, 1.165) is 11.9 Å². The van der Waals surface area contributed by atoms with Crippen molar-refractivity contribution in [3.05, 3.63) is 11.3 Å². The third kappa shape index (κ3) is 2.67. The molecule has 1 unspecified atom stereocenters. The van der Waals surface area contributed by atoms with E-state index < -0.39 is 0 Å². The molecule has 4 nitrogen and oxygen atoms in total. The van der Waals surface area contributed by atoms with Gasteiger partial charge in [0.25, 0.3) is 0 Å². The van der Waals surface area contributed by atoms with Gasteiger partial charge in [0, 0.05) is 19.3 Å². The number of esters is 1. The van der Waals surface area contributed by atoms with Gasteiger partial charge in [-0.15, -0.1) is 0 Å². The summed E-state index contributed by atoms with van der Waals surface area (Å²) in [5.74, 6) is 0.306. The summed E-state index contributed by atoms with van der Waals surface area (Å²) in [5.41, 5.74) is 0.923. The van der Waals surface area contributed by atoms with E-state index in [1.807, 2.05) is 0 Å². The van der Waals surface area contributed by atoms with Gasteiger partial charge in [0.2, 0.25) is 0 Å². The van der Waals surface area contributed by atoms with Crippen LogP contribution in [0.15, 0.2) is 11.3 Å². The van der Waals surface area contributed by atoms with Gasteiger partial charge >= 0.3 is 5.97 Å². The molecule has 0 aliphatic carbocycles. The number of hydrogen-bond acceptors (Lipinski definition) is 4. The molecule has 4 heteroatoms.